The fourth-order valence-electron chi connectivity index (χ4n) is 2.45. The summed E-state index contributed by atoms with van der Waals surface area (Å²) in [6.07, 6.45) is 0.929. The van der Waals surface area contributed by atoms with Crippen molar-refractivity contribution in [3.05, 3.63) is 11.3 Å². The van der Waals surface area contributed by atoms with Gasteiger partial charge in [-0.25, -0.2) is 4.98 Å². The number of hydrogen-bond acceptors (Lipinski definition) is 5. The Balaban J connectivity index is 2.34. The van der Waals surface area contributed by atoms with Crippen molar-refractivity contribution in [2.75, 3.05) is 30.8 Å². The summed E-state index contributed by atoms with van der Waals surface area (Å²) in [5.41, 5.74) is 8.33. The molecule has 0 aliphatic carbocycles. The molecule has 18 heavy (non-hydrogen) atoms. The summed E-state index contributed by atoms with van der Waals surface area (Å²) in [5.74, 6) is 1.35. The van der Waals surface area contributed by atoms with Crippen LogP contribution in [0.15, 0.2) is 0 Å². The van der Waals surface area contributed by atoms with E-state index in [4.69, 9.17) is 5.73 Å². The standard InChI is InChI=1S/C13H23N5/c1-13(2,3)8-18(4)11-9-7-15-6-5-10(9)16-12(14)17-11/h15H,5-8H2,1-4H3,(H2,14,16,17). The van der Waals surface area contributed by atoms with E-state index >= 15 is 0 Å². The molecule has 5 nitrogen and oxygen atoms in total. The maximum absolute atomic E-state index is 5.81. The van der Waals surface area contributed by atoms with Gasteiger partial charge in [0.05, 0.1) is 5.69 Å². The number of nitrogens with two attached hydrogens (primary N) is 1. The van der Waals surface area contributed by atoms with Crippen molar-refractivity contribution in [3.63, 3.8) is 0 Å². The Hall–Kier alpha value is -1.36. The number of hydrogen-bond donors (Lipinski definition) is 2. The van der Waals surface area contributed by atoms with Crippen LogP contribution in [0.2, 0.25) is 0 Å². The summed E-state index contributed by atoms with van der Waals surface area (Å²) >= 11 is 0. The van der Waals surface area contributed by atoms with E-state index in [0.29, 0.717) is 5.95 Å². The molecule has 0 bridgehead atoms. The first-order valence-electron chi connectivity index (χ1n) is 6.44. The number of anilines is 2. The van der Waals surface area contributed by atoms with Crippen molar-refractivity contribution in [2.45, 2.75) is 33.7 Å². The van der Waals surface area contributed by atoms with Gasteiger partial charge in [0.25, 0.3) is 0 Å². The van der Waals surface area contributed by atoms with Crippen molar-refractivity contribution >= 4 is 11.8 Å². The third-order valence-electron chi connectivity index (χ3n) is 3.00. The first kappa shape index (κ1) is 13.1. The lowest BCUT2D eigenvalue weighted by Crippen LogP contribution is -2.34. The number of nitrogen functional groups attached to an aromatic ring is 1. The Labute approximate surface area is 109 Å². The Morgan fingerprint density at radius 2 is 2.06 bits per heavy atom. The second-order valence-corrected chi connectivity index (χ2v) is 6.17. The SMILES string of the molecule is CN(CC(C)(C)C)c1nc(N)nc2c1CNCC2. The zero-order valence-electron chi connectivity index (χ0n) is 11.7. The second-order valence-electron chi connectivity index (χ2n) is 6.17. The van der Waals surface area contributed by atoms with Gasteiger partial charge in [-0.05, 0) is 5.41 Å². The van der Waals surface area contributed by atoms with Crippen LogP contribution in [-0.4, -0.2) is 30.1 Å². The van der Waals surface area contributed by atoms with Crippen LogP contribution in [0.5, 0.6) is 0 Å². The number of nitrogens with zero attached hydrogens (tertiary/aromatic N) is 3. The lowest BCUT2D eigenvalue weighted by atomic mass is 9.96. The largest absolute Gasteiger partial charge is 0.368 e. The van der Waals surface area contributed by atoms with Gasteiger partial charge in [0, 0.05) is 38.7 Å². The van der Waals surface area contributed by atoms with Crippen molar-refractivity contribution < 1.29 is 0 Å². The van der Waals surface area contributed by atoms with Crippen LogP contribution in [0.4, 0.5) is 11.8 Å². The van der Waals surface area contributed by atoms with E-state index < -0.39 is 0 Å². The highest BCUT2D eigenvalue weighted by atomic mass is 15.2. The smallest absolute Gasteiger partial charge is 0.222 e. The molecule has 0 fully saturated rings. The number of aromatic nitrogens is 2. The zero-order valence-corrected chi connectivity index (χ0v) is 11.7. The lowest BCUT2D eigenvalue weighted by Gasteiger charge is -2.30. The average molecular weight is 249 g/mol. The Bertz CT molecular complexity index is 436. The van der Waals surface area contributed by atoms with Crippen LogP contribution in [0, 0.1) is 5.41 Å². The fraction of sp³-hybridized carbons (Fsp3) is 0.692. The van der Waals surface area contributed by atoms with Crippen molar-refractivity contribution in [1.82, 2.24) is 15.3 Å². The maximum Gasteiger partial charge on any atom is 0.222 e. The van der Waals surface area contributed by atoms with Crippen LogP contribution in [0.3, 0.4) is 0 Å². The molecule has 100 valence electrons. The molecule has 3 N–H and O–H groups in total. The van der Waals surface area contributed by atoms with E-state index in [9.17, 15) is 0 Å². The first-order chi connectivity index (χ1) is 8.37. The molecule has 1 aliphatic rings. The van der Waals surface area contributed by atoms with Crippen LogP contribution in [-0.2, 0) is 13.0 Å². The third kappa shape index (κ3) is 2.90. The molecule has 0 unspecified atom stereocenters. The molecule has 0 spiro atoms. The Kier molecular flexibility index (Phi) is 3.43. The second kappa shape index (κ2) is 4.72. The van der Waals surface area contributed by atoms with E-state index in [1.54, 1.807) is 0 Å². The molecule has 1 aliphatic heterocycles. The van der Waals surface area contributed by atoms with E-state index in [2.05, 4.69) is 48.0 Å². The molecule has 2 rings (SSSR count). The molecule has 1 aromatic rings. The Morgan fingerprint density at radius 3 is 2.72 bits per heavy atom. The summed E-state index contributed by atoms with van der Waals surface area (Å²) < 4.78 is 0. The summed E-state index contributed by atoms with van der Waals surface area (Å²) in [6, 6.07) is 0. The first-order valence-corrected chi connectivity index (χ1v) is 6.44. The fourth-order valence-corrected chi connectivity index (χ4v) is 2.45. The number of rotatable bonds is 2. The molecule has 0 atom stereocenters. The molecule has 0 aromatic carbocycles. The number of fused-ring (bicyclic) bond motifs is 1. The molecular weight excluding hydrogens is 226 g/mol. The molecule has 0 amide bonds. The van der Waals surface area contributed by atoms with Crippen molar-refractivity contribution in [1.29, 1.82) is 0 Å². The summed E-state index contributed by atoms with van der Waals surface area (Å²) in [4.78, 5) is 11.0. The van der Waals surface area contributed by atoms with E-state index in [0.717, 1.165) is 37.6 Å². The zero-order chi connectivity index (χ0) is 13.3. The van der Waals surface area contributed by atoms with E-state index in [1.165, 1.54) is 5.56 Å². The van der Waals surface area contributed by atoms with E-state index in [1.807, 2.05) is 0 Å². The van der Waals surface area contributed by atoms with Crippen LogP contribution in [0.25, 0.3) is 0 Å². The third-order valence-corrected chi connectivity index (χ3v) is 3.00. The van der Waals surface area contributed by atoms with Crippen molar-refractivity contribution in [3.8, 4) is 0 Å². The quantitative estimate of drug-likeness (QED) is 0.824. The van der Waals surface area contributed by atoms with Gasteiger partial charge in [-0.3, -0.25) is 0 Å². The van der Waals surface area contributed by atoms with Gasteiger partial charge in [-0.2, -0.15) is 4.98 Å². The molecule has 0 radical (unpaired) electrons. The normalized spacial score (nSPS) is 15.3. The van der Waals surface area contributed by atoms with Gasteiger partial charge in [-0.15, -0.1) is 0 Å². The van der Waals surface area contributed by atoms with Gasteiger partial charge < -0.3 is 16.0 Å². The molecule has 0 saturated heterocycles. The monoisotopic (exact) mass is 249 g/mol. The van der Waals surface area contributed by atoms with Gasteiger partial charge in [0.1, 0.15) is 5.82 Å². The highest BCUT2D eigenvalue weighted by molar-refractivity contribution is 5.52. The minimum atomic E-state index is 0.226. The Morgan fingerprint density at radius 1 is 1.33 bits per heavy atom. The highest BCUT2D eigenvalue weighted by Crippen LogP contribution is 2.26. The molecule has 1 aromatic heterocycles. The predicted octanol–water partition coefficient (Wildman–Crippen LogP) is 1.19. The topological polar surface area (TPSA) is 67.1 Å². The average Bonchev–Trinajstić information content (AvgIpc) is 2.25. The molecule has 0 saturated carbocycles. The maximum atomic E-state index is 5.81. The minimum Gasteiger partial charge on any atom is -0.368 e. The van der Waals surface area contributed by atoms with Gasteiger partial charge in [0.15, 0.2) is 0 Å². The lowest BCUT2D eigenvalue weighted by molar-refractivity contribution is 0.417. The van der Waals surface area contributed by atoms with Crippen LogP contribution >= 0.6 is 0 Å². The van der Waals surface area contributed by atoms with Crippen LogP contribution < -0.4 is 16.0 Å². The van der Waals surface area contributed by atoms with Gasteiger partial charge in [-0.1, -0.05) is 20.8 Å². The predicted molar refractivity (Wildman–Crippen MR) is 74.6 cm³/mol. The summed E-state index contributed by atoms with van der Waals surface area (Å²) in [6.45, 7) is 9.40. The molecular formula is C13H23N5. The van der Waals surface area contributed by atoms with Crippen molar-refractivity contribution in [2.24, 2.45) is 5.41 Å². The van der Waals surface area contributed by atoms with E-state index in [-0.39, 0.29) is 5.41 Å². The minimum absolute atomic E-state index is 0.226. The van der Waals surface area contributed by atoms with Crippen LogP contribution in [0.1, 0.15) is 32.0 Å². The molecule has 5 heteroatoms. The van der Waals surface area contributed by atoms with Gasteiger partial charge in [0.2, 0.25) is 5.95 Å². The summed E-state index contributed by atoms with van der Waals surface area (Å²) in [7, 11) is 2.07. The summed E-state index contributed by atoms with van der Waals surface area (Å²) in [5, 5.41) is 3.37. The highest BCUT2D eigenvalue weighted by Gasteiger charge is 2.22. The number of nitrogens with one attached hydrogen (secondary N) is 1. The van der Waals surface area contributed by atoms with Gasteiger partial charge >= 0.3 is 0 Å². The molecule has 2 heterocycles.